The van der Waals surface area contributed by atoms with Crippen molar-refractivity contribution in [3.05, 3.63) is 0 Å². The van der Waals surface area contributed by atoms with Crippen LogP contribution in [0.2, 0.25) is 0 Å². The number of hydrogen-bond donors (Lipinski definition) is 0. The zero-order valence-electron chi connectivity index (χ0n) is 11.1. The summed E-state index contributed by atoms with van der Waals surface area (Å²) in [5.74, 6) is 0. The van der Waals surface area contributed by atoms with E-state index >= 15 is 0 Å². The molecule has 1 heteroatoms. The van der Waals surface area contributed by atoms with E-state index in [0.717, 1.165) is 12.1 Å². The van der Waals surface area contributed by atoms with Crippen LogP contribution >= 0.6 is 0 Å². The monoisotopic (exact) mass is 223 g/mol. The fourth-order valence-corrected chi connectivity index (χ4v) is 3.65. The molecule has 0 aromatic carbocycles. The van der Waals surface area contributed by atoms with Crippen LogP contribution in [0.1, 0.15) is 77.6 Å². The highest BCUT2D eigenvalue weighted by Gasteiger charge is 2.28. The molecule has 1 nitrogen and oxygen atoms in total. The van der Waals surface area contributed by atoms with Crippen molar-refractivity contribution in [2.45, 2.75) is 89.6 Å². The molecule has 16 heavy (non-hydrogen) atoms. The maximum absolute atomic E-state index is 2.91. The highest BCUT2D eigenvalue weighted by molar-refractivity contribution is 4.84. The van der Waals surface area contributed by atoms with Crippen molar-refractivity contribution >= 4 is 0 Å². The van der Waals surface area contributed by atoms with Crippen LogP contribution in [0.5, 0.6) is 0 Å². The molecule has 0 spiro atoms. The lowest BCUT2D eigenvalue weighted by Gasteiger charge is -2.38. The third-order valence-electron chi connectivity index (χ3n) is 4.61. The predicted molar refractivity (Wildman–Crippen MR) is 70.7 cm³/mol. The first kappa shape index (κ1) is 12.4. The van der Waals surface area contributed by atoms with Gasteiger partial charge in [-0.2, -0.15) is 0 Å². The van der Waals surface area contributed by atoms with Crippen LogP contribution in [-0.4, -0.2) is 23.5 Å². The molecule has 2 aliphatic carbocycles. The minimum atomic E-state index is 0.948. The largest absolute Gasteiger partial charge is 0.297 e. The fraction of sp³-hybridized carbons (Fsp3) is 1.00. The van der Waals surface area contributed by atoms with E-state index in [4.69, 9.17) is 0 Å². The summed E-state index contributed by atoms with van der Waals surface area (Å²) in [4.78, 5) is 2.91. The number of rotatable bonds is 5. The smallest absolute Gasteiger partial charge is 0.00981 e. The third kappa shape index (κ3) is 3.23. The summed E-state index contributed by atoms with van der Waals surface area (Å²) in [7, 11) is 0. The first-order chi connectivity index (χ1) is 7.92. The van der Waals surface area contributed by atoms with E-state index in [1.807, 2.05) is 0 Å². The van der Waals surface area contributed by atoms with E-state index in [0.29, 0.717) is 0 Å². The van der Waals surface area contributed by atoms with Crippen LogP contribution in [0.15, 0.2) is 0 Å². The van der Waals surface area contributed by atoms with Crippen LogP contribution in [0.25, 0.3) is 0 Å². The second kappa shape index (κ2) is 6.64. The van der Waals surface area contributed by atoms with Crippen LogP contribution in [0.4, 0.5) is 0 Å². The summed E-state index contributed by atoms with van der Waals surface area (Å²) in [5, 5.41) is 0. The van der Waals surface area contributed by atoms with E-state index in [2.05, 4.69) is 11.8 Å². The second-order valence-electron chi connectivity index (χ2n) is 5.82. The molecule has 0 radical (unpaired) electrons. The maximum atomic E-state index is 2.91. The Balaban J connectivity index is 1.89. The molecule has 0 atom stereocenters. The molecule has 0 unspecified atom stereocenters. The molecule has 0 N–H and O–H groups in total. The normalized spacial score (nSPS) is 24.4. The van der Waals surface area contributed by atoms with E-state index in [9.17, 15) is 0 Å². The SMILES string of the molecule is CCCCN(C1CCCCC1)C1CCCC1. The number of nitrogens with zero attached hydrogens (tertiary/aromatic N) is 1. The van der Waals surface area contributed by atoms with Gasteiger partial charge in [-0.15, -0.1) is 0 Å². The first-order valence-corrected chi connectivity index (χ1v) is 7.67. The van der Waals surface area contributed by atoms with Crippen molar-refractivity contribution < 1.29 is 0 Å². The minimum absolute atomic E-state index is 0.948. The molecule has 0 saturated heterocycles. The summed E-state index contributed by atoms with van der Waals surface area (Å²) in [6, 6.07) is 1.90. The van der Waals surface area contributed by atoms with Crippen LogP contribution in [0, 0.1) is 0 Å². The highest BCUT2D eigenvalue weighted by atomic mass is 15.2. The van der Waals surface area contributed by atoms with Crippen molar-refractivity contribution in [1.82, 2.24) is 4.90 Å². The Labute approximate surface area is 102 Å². The summed E-state index contributed by atoms with van der Waals surface area (Å²) in [6.45, 7) is 3.71. The maximum Gasteiger partial charge on any atom is 0.00981 e. The van der Waals surface area contributed by atoms with Crippen molar-refractivity contribution in [1.29, 1.82) is 0 Å². The van der Waals surface area contributed by atoms with Crippen LogP contribution in [-0.2, 0) is 0 Å². The molecule has 0 amide bonds. The van der Waals surface area contributed by atoms with Gasteiger partial charge in [0.05, 0.1) is 0 Å². The van der Waals surface area contributed by atoms with Gasteiger partial charge in [0.2, 0.25) is 0 Å². The Hall–Kier alpha value is -0.0400. The molecule has 2 saturated carbocycles. The van der Waals surface area contributed by atoms with Crippen LogP contribution in [0.3, 0.4) is 0 Å². The Morgan fingerprint density at radius 1 is 0.812 bits per heavy atom. The summed E-state index contributed by atoms with van der Waals surface area (Å²) >= 11 is 0. The molecule has 0 bridgehead atoms. The van der Waals surface area contributed by atoms with E-state index in [-0.39, 0.29) is 0 Å². The molecule has 0 heterocycles. The van der Waals surface area contributed by atoms with Gasteiger partial charge in [0.1, 0.15) is 0 Å². The third-order valence-corrected chi connectivity index (χ3v) is 4.61. The van der Waals surface area contributed by atoms with Gasteiger partial charge < -0.3 is 0 Å². The lowest BCUT2D eigenvalue weighted by atomic mass is 9.92. The molecule has 2 aliphatic rings. The average Bonchev–Trinajstić information content (AvgIpc) is 2.85. The van der Waals surface area contributed by atoms with Gasteiger partial charge in [-0.25, -0.2) is 0 Å². The zero-order chi connectivity index (χ0) is 11.2. The summed E-state index contributed by atoms with van der Waals surface area (Å²) in [5.41, 5.74) is 0. The van der Waals surface area contributed by atoms with Gasteiger partial charge in [-0.05, 0) is 38.6 Å². The van der Waals surface area contributed by atoms with Gasteiger partial charge in [-0.1, -0.05) is 45.4 Å². The zero-order valence-corrected chi connectivity index (χ0v) is 11.1. The topological polar surface area (TPSA) is 3.24 Å². The van der Waals surface area contributed by atoms with Crippen molar-refractivity contribution in [2.24, 2.45) is 0 Å². The van der Waals surface area contributed by atoms with Gasteiger partial charge in [0, 0.05) is 12.1 Å². The van der Waals surface area contributed by atoms with Gasteiger partial charge in [-0.3, -0.25) is 4.90 Å². The van der Waals surface area contributed by atoms with Crippen molar-refractivity contribution in [3.63, 3.8) is 0 Å². The molecule has 2 rings (SSSR count). The van der Waals surface area contributed by atoms with Gasteiger partial charge >= 0.3 is 0 Å². The molecular weight excluding hydrogens is 194 g/mol. The lowest BCUT2D eigenvalue weighted by Crippen LogP contribution is -2.43. The molecule has 2 fully saturated rings. The molecule has 0 aromatic rings. The standard InChI is InChI=1S/C15H29N/c1-2-3-13-16(15-11-7-8-12-15)14-9-5-4-6-10-14/h14-15H,2-13H2,1H3. The van der Waals surface area contributed by atoms with E-state index in [1.165, 1.54) is 77.2 Å². The van der Waals surface area contributed by atoms with Gasteiger partial charge in [0.15, 0.2) is 0 Å². The first-order valence-electron chi connectivity index (χ1n) is 7.67. The summed E-state index contributed by atoms with van der Waals surface area (Å²) < 4.78 is 0. The quantitative estimate of drug-likeness (QED) is 0.669. The number of hydrogen-bond acceptors (Lipinski definition) is 1. The highest BCUT2D eigenvalue weighted by Crippen LogP contribution is 2.30. The second-order valence-corrected chi connectivity index (χ2v) is 5.82. The van der Waals surface area contributed by atoms with Crippen molar-refractivity contribution in [3.8, 4) is 0 Å². The van der Waals surface area contributed by atoms with E-state index in [1.54, 1.807) is 0 Å². The minimum Gasteiger partial charge on any atom is -0.297 e. The summed E-state index contributed by atoms with van der Waals surface area (Å²) in [6.07, 6.45) is 16.1. The molecule has 0 aliphatic heterocycles. The molecular formula is C15H29N. The van der Waals surface area contributed by atoms with Gasteiger partial charge in [0.25, 0.3) is 0 Å². The molecule has 94 valence electrons. The Morgan fingerprint density at radius 3 is 1.81 bits per heavy atom. The predicted octanol–water partition coefficient (Wildman–Crippen LogP) is 4.36. The Morgan fingerprint density at radius 2 is 1.31 bits per heavy atom. The Bertz CT molecular complexity index is 178. The fourth-order valence-electron chi connectivity index (χ4n) is 3.65. The van der Waals surface area contributed by atoms with Crippen LogP contribution < -0.4 is 0 Å². The Kier molecular flexibility index (Phi) is 5.15. The average molecular weight is 223 g/mol. The lowest BCUT2D eigenvalue weighted by molar-refractivity contribution is 0.104. The molecule has 0 aromatic heterocycles. The number of unbranched alkanes of at least 4 members (excludes halogenated alkanes) is 1. The van der Waals surface area contributed by atoms with Crippen molar-refractivity contribution in [2.75, 3.05) is 6.54 Å². The van der Waals surface area contributed by atoms with E-state index < -0.39 is 0 Å².